The Kier molecular flexibility index (Phi) is 3.36. The Morgan fingerprint density at radius 1 is 1.38 bits per heavy atom. The zero-order valence-corrected chi connectivity index (χ0v) is 10.0. The molecule has 0 spiro atoms. The lowest BCUT2D eigenvalue weighted by Gasteiger charge is -2.09. The normalized spacial score (nSPS) is 10.1. The zero-order chi connectivity index (χ0) is 11.4. The molecular weight excluding hydrogens is 270 g/mol. The minimum Gasteiger partial charge on any atom is -0.323 e. The number of hydrogen-bond acceptors (Lipinski definition) is 2. The first-order chi connectivity index (χ1) is 7.81. The van der Waals surface area contributed by atoms with Gasteiger partial charge in [-0.2, -0.15) is 5.10 Å². The van der Waals surface area contributed by atoms with Crippen molar-refractivity contribution in [2.24, 2.45) is 0 Å². The Hall–Kier alpha value is -1.62. The third kappa shape index (κ3) is 2.30. The molecule has 0 unspecified atom stereocenters. The molecule has 4 nitrogen and oxygen atoms in total. The van der Waals surface area contributed by atoms with Gasteiger partial charge in [0.25, 0.3) is 0 Å². The van der Waals surface area contributed by atoms with Gasteiger partial charge < -0.3 is 5.32 Å². The van der Waals surface area contributed by atoms with Crippen LogP contribution in [0.25, 0.3) is 5.69 Å². The highest BCUT2D eigenvalue weighted by Gasteiger charge is 2.06. The molecule has 0 aliphatic rings. The van der Waals surface area contributed by atoms with Crippen LogP contribution in [0.3, 0.4) is 0 Å². The molecule has 0 saturated carbocycles. The van der Waals surface area contributed by atoms with E-state index in [-0.39, 0.29) is 11.2 Å². The monoisotopic (exact) mass is 279 g/mol. The van der Waals surface area contributed by atoms with Crippen LogP contribution in [0.2, 0.25) is 0 Å². The predicted molar refractivity (Wildman–Crippen MR) is 66.0 cm³/mol. The van der Waals surface area contributed by atoms with Crippen molar-refractivity contribution in [2.45, 2.75) is 0 Å². The van der Waals surface area contributed by atoms with E-state index < -0.39 is 0 Å². The predicted octanol–water partition coefficient (Wildman–Crippen LogP) is 2.21. The molecule has 16 heavy (non-hydrogen) atoms. The summed E-state index contributed by atoms with van der Waals surface area (Å²) < 4.78 is 1.71. The third-order valence-corrected chi connectivity index (χ3v) is 2.56. The van der Waals surface area contributed by atoms with Crippen molar-refractivity contribution >= 4 is 27.5 Å². The summed E-state index contributed by atoms with van der Waals surface area (Å²) in [4.78, 5) is 11.3. The van der Waals surface area contributed by atoms with Crippen LogP contribution in [-0.4, -0.2) is 21.0 Å². The topological polar surface area (TPSA) is 46.9 Å². The Balaban J connectivity index is 2.35. The maximum atomic E-state index is 11.3. The first-order valence-electron chi connectivity index (χ1n) is 4.76. The largest absolute Gasteiger partial charge is 0.323 e. The molecule has 1 N–H and O–H groups in total. The molecule has 0 aliphatic heterocycles. The number of benzene rings is 1. The summed E-state index contributed by atoms with van der Waals surface area (Å²) in [5.74, 6) is -0.0837. The first kappa shape index (κ1) is 10.9. The van der Waals surface area contributed by atoms with Crippen molar-refractivity contribution < 1.29 is 4.79 Å². The molecule has 0 radical (unpaired) electrons. The van der Waals surface area contributed by atoms with E-state index in [1.807, 2.05) is 36.5 Å². The van der Waals surface area contributed by atoms with Gasteiger partial charge in [0.1, 0.15) is 0 Å². The Morgan fingerprint density at radius 3 is 2.88 bits per heavy atom. The number of halogens is 1. The number of carbonyl (C=O) groups excluding carboxylic acids is 1. The lowest BCUT2D eigenvalue weighted by Crippen LogP contribution is -2.14. The third-order valence-electron chi connectivity index (χ3n) is 2.05. The SMILES string of the molecule is O=C(CBr)Nc1ccccc1-n1cccn1. The molecule has 0 saturated heterocycles. The lowest BCUT2D eigenvalue weighted by molar-refractivity contribution is -0.113. The molecule has 1 heterocycles. The van der Waals surface area contributed by atoms with E-state index in [1.165, 1.54) is 0 Å². The van der Waals surface area contributed by atoms with Gasteiger partial charge in [0.2, 0.25) is 5.91 Å². The second-order valence-electron chi connectivity index (χ2n) is 3.15. The van der Waals surface area contributed by atoms with Crippen molar-refractivity contribution in [3.05, 3.63) is 42.7 Å². The van der Waals surface area contributed by atoms with Gasteiger partial charge in [-0.25, -0.2) is 4.68 Å². The van der Waals surface area contributed by atoms with Gasteiger partial charge in [-0.05, 0) is 18.2 Å². The van der Waals surface area contributed by atoms with Crippen LogP contribution >= 0.6 is 15.9 Å². The number of hydrogen-bond donors (Lipinski definition) is 1. The van der Waals surface area contributed by atoms with Crippen molar-refractivity contribution in [1.82, 2.24) is 9.78 Å². The molecule has 5 heteroatoms. The number of nitrogens with one attached hydrogen (secondary N) is 1. The van der Waals surface area contributed by atoms with Gasteiger partial charge in [0.15, 0.2) is 0 Å². The quantitative estimate of drug-likeness (QED) is 0.876. The highest BCUT2D eigenvalue weighted by molar-refractivity contribution is 9.09. The summed E-state index contributed by atoms with van der Waals surface area (Å²) in [6.45, 7) is 0. The average Bonchev–Trinajstić information content (AvgIpc) is 2.83. The molecule has 2 rings (SSSR count). The Bertz CT molecular complexity index is 482. The first-order valence-corrected chi connectivity index (χ1v) is 5.88. The fraction of sp³-hybridized carbons (Fsp3) is 0.0909. The van der Waals surface area contributed by atoms with Crippen LogP contribution in [-0.2, 0) is 4.79 Å². The van der Waals surface area contributed by atoms with Gasteiger partial charge in [-0.15, -0.1) is 0 Å². The van der Waals surface area contributed by atoms with E-state index in [0.717, 1.165) is 11.4 Å². The zero-order valence-electron chi connectivity index (χ0n) is 8.43. The number of para-hydroxylation sites is 2. The summed E-state index contributed by atoms with van der Waals surface area (Å²) in [6.07, 6.45) is 3.53. The van der Waals surface area contributed by atoms with Gasteiger partial charge >= 0.3 is 0 Å². The summed E-state index contributed by atoms with van der Waals surface area (Å²) in [5, 5.41) is 7.21. The van der Waals surface area contributed by atoms with E-state index in [4.69, 9.17) is 0 Å². The molecule has 1 amide bonds. The lowest BCUT2D eigenvalue weighted by atomic mass is 10.2. The fourth-order valence-electron chi connectivity index (χ4n) is 1.37. The molecule has 1 aromatic carbocycles. The standard InChI is InChI=1S/C11H10BrN3O/c12-8-11(16)14-9-4-1-2-5-10(9)15-7-3-6-13-15/h1-7H,8H2,(H,14,16). The summed E-state index contributed by atoms with van der Waals surface area (Å²) >= 11 is 3.11. The minimum atomic E-state index is -0.0837. The second kappa shape index (κ2) is 4.94. The fourth-order valence-corrected chi connectivity index (χ4v) is 1.51. The van der Waals surface area contributed by atoms with Crippen molar-refractivity contribution in [3.63, 3.8) is 0 Å². The van der Waals surface area contributed by atoms with Gasteiger partial charge in [-0.3, -0.25) is 4.79 Å². The van der Waals surface area contributed by atoms with Gasteiger partial charge in [0, 0.05) is 12.4 Å². The van der Waals surface area contributed by atoms with E-state index in [9.17, 15) is 4.79 Å². The Morgan fingerprint density at radius 2 is 2.19 bits per heavy atom. The summed E-state index contributed by atoms with van der Waals surface area (Å²) in [5.41, 5.74) is 1.59. The average molecular weight is 280 g/mol. The molecule has 0 atom stereocenters. The van der Waals surface area contributed by atoms with Crippen LogP contribution in [0.4, 0.5) is 5.69 Å². The highest BCUT2D eigenvalue weighted by atomic mass is 79.9. The van der Waals surface area contributed by atoms with Crippen molar-refractivity contribution in [1.29, 1.82) is 0 Å². The number of anilines is 1. The molecule has 0 bridgehead atoms. The molecule has 0 aliphatic carbocycles. The van der Waals surface area contributed by atoms with E-state index in [1.54, 1.807) is 10.9 Å². The Labute approximate surface area is 101 Å². The smallest absolute Gasteiger partial charge is 0.235 e. The summed E-state index contributed by atoms with van der Waals surface area (Å²) in [6, 6.07) is 9.36. The second-order valence-corrected chi connectivity index (χ2v) is 3.71. The molecule has 2 aromatic rings. The van der Waals surface area contributed by atoms with E-state index >= 15 is 0 Å². The number of alkyl halides is 1. The van der Waals surface area contributed by atoms with Gasteiger partial charge in [0.05, 0.1) is 16.7 Å². The van der Waals surface area contributed by atoms with Crippen molar-refractivity contribution in [2.75, 3.05) is 10.6 Å². The van der Waals surface area contributed by atoms with Crippen LogP contribution in [0.5, 0.6) is 0 Å². The number of nitrogens with zero attached hydrogens (tertiary/aromatic N) is 2. The van der Waals surface area contributed by atoms with Crippen LogP contribution in [0.15, 0.2) is 42.7 Å². The molecule has 0 fully saturated rings. The molecule has 82 valence electrons. The molecule has 1 aromatic heterocycles. The maximum absolute atomic E-state index is 11.3. The van der Waals surface area contributed by atoms with Crippen LogP contribution < -0.4 is 5.32 Å². The number of aromatic nitrogens is 2. The van der Waals surface area contributed by atoms with E-state index in [0.29, 0.717) is 0 Å². The van der Waals surface area contributed by atoms with Crippen LogP contribution in [0, 0.1) is 0 Å². The summed E-state index contributed by atoms with van der Waals surface area (Å²) in [7, 11) is 0. The van der Waals surface area contributed by atoms with Crippen molar-refractivity contribution in [3.8, 4) is 5.69 Å². The van der Waals surface area contributed by atoms with Crippen LogP contribution in [0.1, 0.15) is 0 Å². The molecular formula is C11H10BrN3O. The number of rotatable bonds is 3. The number of amides is 1. The highest BCUT2D eigenvalue weighted by Crippen LogP contribution is 2.18. The van der Waals surface area contributed by atoms with E-state index in [2.05, 4.69) is 26.3 Å². The number of carbonyl (C=O) groups is 1. The minimum absolute atomic E-state index is 0.0837. The maximum Gasteiger partial charge on any atom is 0.235 e. The van der Waals surface area contributed by atoms with Gasteiger partial charge in [-0.1, -0.05) is 28.1 Å².